The molecule has 2 rings (SSSR count). The number of aliphatic carboxylic acids is 1. The predicted molar refractivity (Wildman–Crippen MR) is 94.9 cm³/mol. The van der Waals surface area contributed by atoms with E-state index in [1.165, 1.54) is 6.92 Å². The fourth-order valence-electron chi connectivity index (χ4n) is 2.27. The van der Waals surface area contributed by atoms with Crippen molar-refractivity contribution >= 4 is 39.1 Å². The first-order valence-electron chi connectivity index (χ1n) is 7.61. The zero-order valence-electron chi connectivity index (χ0n) is 14.0. The lowest BCUT2D eigenvalue weighted by molar-refractivity contribution is -0.132. The highest BCUT2D eigenvalue weighted by atomic mass is 79.9. The van der Waals surface area contributed by atoms with Gasteiger partial charge in [-0.15, -0.1) is 0 Å². The quantitative estimate of drug-likeness (QED) is 0.149. The summed E-state index contributed by atoms with van der Waals surface area (Å²) in [6.45, 7) is 1.41. The van der Waals surface area contributed by atoms with Crippen LogP contribution in [0.2, 0.25) is 0 Å². The van der Waals surface area contributed by atoms with Crippen LogP contribution in [0.1, 0.15) is 18.9 Å². The monoisotopic (exact) mass is 463 g/mol. The highest BCUT2D eigenvalue weighted by Crippen LogP contribution is 2.31. The number of benzene rings is 2. The number of nitrogens with zero attached hydrogens (tertiary/aromatic N) is 1. The van der Waals surface area contributed by atoms with Crippen molar-refractivity contribution < 1.29 is 37.0 Å². The van der Waals surface area contributed by atoms with Crippen molar-refractivity contribution in [3.8, 4) is 0 Å². The van der Waals surface area contributed by atoms with E-state index in [4.69, 9.17) is 0 Å². The summed E-state index contributed by atoms with van der Waals surface area (Å²) >= 11 is 2.47. The molecular formula is C18H11BrF5NO3. The summed E-state index contributed by atoms with van der Waals surface area (Å²) in [6, 6.07) is 2.61. The second kappa shape index (κ2) is 8.51. The minimum atomic E-state index is -1.78. The summed E-state index contributed by atoms with van der Waals surface area (Å²) in [5.74, 6) is -9.56. The number of aliphatic hydroxyl groups excluding tert-OH is 1. The van der Waals surface area contributed by atoms with Crippen LogP contribution in [0.3, 0.4) is 0 Å². The Bertz CT molecular complexity index is 1020. The van der Waals surface area contributed by atoms with Crippen LogP contribution in [0.25, 0.3) is 5.76 Å². The number of rotatable bonds is 5. The molecule has 2 aromatic carbocycles. The van der Waals surface area contributed by atoms with Crippen molar-refractivity contribution in [2.24, 2.45) is 4.99 Å². The van der Waals surface area contributed by atoms with Gasteiger partial charge in [0.2, 0.25) is 0 Å². The number of hydrogen-bond donors (Lipinski definition) is 2. The molecule has 4 nitrogen and oxygen atoms in total. The molecule has 0 bridgehead atoms. The van der Waals surface area contributed by atoms with Crippen LogP contribution < -0.4 is 0 Å². The zero-order chi connectivity index (χ0) is 21.2. The first-order valence-corrected chi connectivity index (χ1v) is 8.40. The summed E-state index contributed by atoms with van der Waals surface area (Å²) in [7, 11) is 0. The van der Waals surface area contributed by atoms with Gasteiger partial charge in [0.15, 0.2) is 23.3 Å². The number of carboxylic acid groups (broad SMARTS) is 1. The Morgan fingerprint density at radius 3 is 2.21 bits per heavy atom. The van der Waals surface area contributed by atoms with Crippen LogP contribution in [-0.4, -0.2) is 21.9 Å². The van der Waals surface area contributed by atoms with E-state index in [2.05, 4.69) is 20.9 Å². The maximum absolute atomic E-state index is 14.2. The SMILES string of the molecule is CCC(=Nc1ccc(F)cc1F)C(C(=O)O)=C(O)c1cc(F)c(F)c(Br)c1F. The molecule has 0 radical (unpaired) electrons. The third-order valence-electron chi connectivity index (χ3n) is 3.60. The van der Waals surface area contributed by atoms with Crippen LogP contribution in [-0.2, 0) is 4.79 Å². The van der Waals surface area contributed by atoms with Crippen molar-refractivity contribution in [1.29, 1.82) is 0 Å². The Labute approximate surface area is 163 Å². The highest BCUT2D eigenvalue weighted by molar-refractivity contribution is 9.10. The van der Waals surface area contributed by atoms with Gasteiger partial charge in [-0.05, 0) is 40.5 Å². The van der Waals surface area contributed by atoms with Gasteiger partial charge in [-0.1, -0.05) is 6.92 Å². The summed E-state index contributed by atoms with van der Waals surface area (Å²) in [6.07, 6.45) is -0.172. The lowest BCUT2D eigenvalue weighted by Gasteiger charge is -2.12. The smallest absolute Gasteiger partial charge is 0.341 e. The standard InChI is InChI=1S/C18H11BrF5NO3/c1-2-11(25-12-4-3-7(20)5-9(12)21)13(18(27)28)17(26)8-6-10(22)16(24)14(19)15(8)23/h3-6,26H,2H2,1H3,(H,27,28). The van der Waals surface area contributed by atoms with E-state index in [1.807, 2.05) is 0 Å². The second-order valence-electron chi connectivity index (χ2n) is 5.38. The Balaban J connectivity index is 2.75. The van der Waals surface area contributed by atoms with Crippen molar-refractivity contribution in [2.75, 3.05) is 0 Å². The number of hydrogen-bond acceptors (Lipinski definition) is 3. The summed E-state index contributed by atoms with van der Waals surface area (Å²) in [5, 5.41) is 19.7. The highest BCUT2D eigenvalue weighted by Gasteiger charge is 2.26. The molecule has 0 aliphatic rings. The number of halogens is 6. The third kappa shape index (κ3) is 4.22. The van der Waals surface area contributed by atoms with Gasteiger partial charge in [-0.25, -0.2) is 31.7 Å². The first kappa shape index (κ1) is 21.5. The van der Waals surface area contributed by atoms with E-state index in [0.29, 0.717) is 6.07 Å². The number of carbonyl (C=O) groups is 1. The van der Waals surface area contributed by atoms with Gasteiger partial charge >= 0.3 is 5.97 Å². The van der Waals surface area contributed by atoms with Crippen molar-refractivity contribution in [3.63, 3.8) is 0 Å². The maximum atomic E-state index is 14.2. The lowest BCUT2D eigenvalue weighted by Crippen LogP contribution is -2.15. The molecule has 0 amide bonds. The second-order valence-corrected chi connectivity index (χ2v) is 6.18. The summed E-state index contributed by atoms with van der Waals surface area (Å²) in [4.78, 5) is 15.4. The van der Waals surface area contributed by atoms with Gasteiger partial charge in [0, 0.05) is 6.07 Å². The first-order chi connectivity index (χ1) is 13.1. The molecule has 148 valence electrons. The van der Waals surface area contributed by atoms with E-state index in [-0.39, 0.29) is 12.5 Å². The van der Waals surface area contributed by atoms with Crippen molar-refractivity contribution in [1.82, 2.24) is 0 Å². The summed E-state index contributed by atoms with van der Waals surface area (Å²) < 4.78 is 67.1. The molecule has 2 N–H and O–H groups in total. The van der Waals surface area contributed by atoms with Crippen LogP contribution in [0.5, 0.6) is 0 Å². The fourth-order valence-corrected chi connectivity index (χ4v) is 2.67. The molecule has 2 aromatic rings. The normalized spacial score (nSPS) is 12.8. The Hall–Kier alpha value is -2.75. The van der Waals surface area contributed by atoms with Gasteiger partial charge in [0.05, 0.1) is 21.4 Å². The molecule has 28 heavy (non-hydrogen) atoms. The average molecular weight is 464 g/mol. The van der Waals surface area contributed by atoms with E-state index >= 15 is 0 Å². The van der Waals surface area contributed by atoms with Gasteiger partial charge in [0.25, 0.3) is 0 Å². The lowest BCUT2D eigenvalue weighted by atomic mass is 10.0. The van der Waals surface area contributed by atoms with Crippen LogP contribution in [0.15, 0.2) is 39.3 Å². The molecule has 0 saturated carbocycles. The molecule has 0 unspecified atom stereocenters. The zero-order valence-corrected chi connectivity index (χ0v) is 15.6. The van der Waals surface area contributed by atoms with E-state index in [9.17, 15) is 37.0 Å². The van der Waals surface area contributed by atoms with Gasteiger partial charge in [-0.3, -0.25) is 0 Å². The predicted octanol–water partition coefficient (Wildman–Crippen LogP) is 5.68. The minimum Gasteiger partial charge on any atom is -0.506 e. The minimum absolute atomic E-state index is 0.172. The summed E-state index contributed by atoms with van der Waals surface area (Å²) in [5.41, 5.74) is -2.74. The Morgan fingerprint density at radius 1 is 1.04 bits per heavy atom. The van der Waals surface area contributed by atoms with Crippen LogP contribution in [0.4, 0.5) is 27.6 Å². The Morgan fingerprint density at radius 2 is 1.68 bits per heavy atom. The molecule has 0 saturated heterocycles. The molecule has 0 spiro atoms. The molecule has 0 aliphatic heterocycles. The van der Waals surface area contributed by atoms with Gasteiger partial charge in [0.1, 0.15) is 17.1 Å². The fraction of sp³-hybridized carbons (Fsp3) is 0.111. The molecule has 0 atom stereocenters. The molecule has 0 aliphatic carbocycles. The maximum Gasteiger partial charge on any atom is 0.341 e. The topological polar surface area (TPSA) is 69.9 Å². The van der Waals surface area contributed by atoms with Crippen molar-refractivity contribution in [2.45, 2.75) is 13.3 Å². The largest absolute Gasteiger partial charge is 0.506 e. The molecule has 0 heterocycles. The van der Waals surface area contributed by atoms with Crippen molar-refractivity contribution in [3.05, 3.63) is 69.0 Å². The molecule has 10 heteroatoms. The van der Waals surface area contributed by atoms with E-state index < -0.39 is 67.8 Å². The van der Waals surface area contributed by atoms with Gasteiger partial charge < -0.3 is 10.2 Å². The van der Waals surface area contributed by atoms with Crippen LogP contribution in [0, 0.1) is 29.1 Å². The molecular weight excluding hydrogens is 453 g/mol. The van der Waals surface area contributed by atoms with E-state index in [0.717, 1.165) is 12.1 Å². The number of aliphatic hydroxyl groups is 1. The van der Waals surface area contributed by atoms with Crippen LogP contribution >= 0.6 is 15.9 Å². The molecule has 0 fully saturated rings. The van der Waals surface area contributed by atoms with Gasteiger partial charge in [-0.2, -0.15) is 0 Å². The Kier molecular flexibility index (Phi) is 6.55. The van der Waals surface area contributed by atoms with E-state index in [1.54, 1.807) is 0 Å². The third-order valence-corrected chi connectivity index (χ3v) is 4.29. The average Bonchev–Trinajstić information content (AvgIpc) is 2.63. The number of aliphatic imine (C=N–C) groups is 1. The number of carboxylic acids is 1. The molecule has 0 aromatic heterocycles.